The zero-order valence-electron chi connectivity index (χ0n) is 14.6. The topological polar surface area (TPSA) is 38.1 Å². The fraction of sp³-hybridized carbons (Fsp3) is 0.474. The number of likely N-dealkylation sites (tertiary alicyclic amines) is 1. The Morgan fingerprint density at radius 3 is 2.71 bits per heavy atom. The number of rotatable bonds is 5. The first-order valence-corrected chi connectivity index (χ1v) is 9.73. The highest BCUT2D eigenvalue weighted by Crippen LogP contribution is 2.46. The summed E-state index contributed by atoms with van der Waals surface area (Å²) >= 11 is 1.80. The molecule has 24 heavy (non-hydrogen) atoms. The summed E-state index contributed by atoms with van der Waals surface area (Å²) in [6.45, 7) is 5.01. The predicted molar refractivity (Wildman–Crippen MR) is 99.6 cm³/mol. The van der Waals surface area contributed by atoms with Gasteiger partial charge in [0.05, 0.1) is 6.04 Å². The van der Waals surface area contributed by atoms with Gasteiger partial charge in [0.2, 0.25) is 0 Å². The summed E-state index contributed by atoms with van der Waals surface area (Å²) in [6.07, 6.45) is 10.4. The molecule has 2 unspecified atom stereocenters. The minimum absolute atomic E-state index is 0.110. The molecule has 2 heterocycles. The van der Waals surface area contributed by atoms with Crippen LogP contribution < -0.4 is 0 Å². The highest BCUT2D eigenvalue weighted by molar-refractivity contribution is 7.99. The lowest BCUT2D eigenvalue weighted by atomic mass is 9.98. The van der Waals surface area contributed by atoms with Crippen molar-refractivity contribution in [3.8, 4) is 5.69 Å². The Hall–Kier alpha value is -1.59. The zero-order chi connectivity index (χ0) is 17.2. The summed E-state index contributed by atoms with van der Waals surface area (Å²) in [7, 11) is 0. The van der Waals surface area contributed by atoms with Crippen LogP contribution in [0.5, 0.6) is 0 Å². The lowest BCUT2D eigenvalue weighted by molar-refractivity contribution is -0.114. The highest BCUT2D eigenvalue weighted by atomic mass is 32.2. The third kappa shape index (κ3) is 2.91. The van der Waals surface area contributed by atoms with Gasteiger partial charge in [-0.15, -0.1) is 11.8 Å². The Balaban J connectivity index is 2.09. The Morgan fingerprint density at radius 2 is 2.04 bits per heavy atom. The Kier molecular flexibility index (Phi) is 5.11. The van der Waals surface area contributed by atoms with Crippen molar-refractivity contribution in [2.45, 2.75) is 44.0 Å². The van der Waals surface area contributed by atoms with Crippen molar-refractivity contribution in [2.24, 2.45) is 0 Å². The molecule has 1 aliphatic heterocycles. The molecular formula is C19H25N3OS. The number of benzene rings is 1. The van der Waals surface area contributed by atoms with E-state index in [1.54, 1.807) is 11.8 Å². The van der Waals surface area contributed by atoms with E-state index >= 15 is 0 Å². The van der Waals surface area contributed by atoms with Crippen LogP contribution in [-0.4, -0.2) is 39.6 Å². The molecule has 1 aromatic heterocycles. The van der Waals surface area contributed by atoms with Gasteiger partial charge >= 0.3 is 0 Å². The molecule has 0 bridgehead atoms. The second-order valence-corrected chi connectivity index (χ2v) is 7.56. The molecule has 5 heteroatoms. The van der Waals surface area contributed by atoms with Crippen LogP contribution in [0, 0.1) is 6.92 Å². The number of thioether (sulfide) groups is 1. The first-order chi connectivity index (χ1) is 11.6. The molecule has 0 spiro atoms. The van der Waals surface area contributed by atoms with E-state index in [9.17, 15) is 4.79 Å². The summed E-state index contributed by atoms with van der Waals surface area (Å²) < 4.78 is 2.17. The normalized spacial score (nSPS) is 23.1. The lowest BCUT2D eigenvalue weighted by Gasteiger charge is -2.47. The maximum Gasteiger partial charge on any atom is 0.144 e. The Labute approximate surface area is 148 Å². The van der Waals surface area contributed by atoms with Gasteiger partial charge in [-0.05, 0) is 51.5 Å². The van der Waals surface area contributed by atoms with Crippen molar-refractivity contribution >= 4 is 18.0 Å². The van der Waals surface area contributed by atoms with Crippen molar-refractivity contribution in [3.63, 3.8) is 0 Å². The van der Waals surface area contributed by atoms with E-state index in [1.807, 2.05) is 19.3 Å². The molecule has 4 nitrogen and oxygen atoms in total. The lowest BCUT2D eigenvalue weighted by Crippen LogP contribution is -2.53. The van der Waals surface area contributed by atoms with Crippen LogP contribution in [-0.2, 0) is 9.67 Å². The third-order valence-electron chi connectivity index (χ3n) is 4.96. The average Bonchev–Trinajstić information content (AvgIpc) is 3.11. The number of carbonyl (C=O) groups is 1. The number of carbonyl (C=O) groups excluding carboxylic acids is 1. The smallest absolute Gasteiger partial charge is 0.144 e. The highest BCUT2D eigenvalue weighted by Gasteiger charge is 2.45. The van der Waals surface area contributed by atoms with E-state index in [-0.39, 0.29) is 10.9 Å². The van der Waals surface area contributed by atoms with Gasteiger partial charge in [0.15, 0.2) is 0 Å². The van der Waals surface area contributed by atoms with Crippen LogP contribution in [0.2, 0.25) is 0 Å². The molecule has 0 amide bonds. The molecular weight excluding hydrogens is 318 g/mol. The molecule has 1 fully saturated rings. The second kappa shape index (κ2) is 7.11. The molecule has 1 aliphatic rings. The molecule has 0 aliphatic carbocycles. The number of imidazole rings is 1. The predicted octanol–water partition coefficient (Wildman–Crippen LogP) is 3.77. The van der Waals surface area contributed by atoms with Gasteiger partial charge in [-0.1, -0.05) is 17.7 Å². The molecule has 0 N–H and O–H groups in total. The third-order valence-corrected chi connectivity index (χ3v) is 6.25. The number of hydrogen-bond donors (Lipinski definition) is 0. The number of nitrogens with zero attached hydrogens (tertiary/aromatic N) is 3. The summed E-state index contributed by atoms with van der Waals surface area (Å²) in [4.78, 5) is 18.3. The standard InChI is InChI=1S/C19H25N3OS/c1-15-6-8-17(9-7-15)21-13-11-20-18(21)19(24-3)10-4-5-12-22(19)16(2)14-23/h6-9,11,13-14,16H,4-5,10,12H2,1-3H3. The minimum Gasteiger partial charge on any atom is -0.302 e. The van der Waals surface area contributed by atoms with Crippen molar-refractivity contribution < 1.29 is 4.79 Å². The van der Waals surface area contributed by atoms with E-state index in [2.05, 4.69) is 46.9 Å². The first-order valence-electron chi connectivity index (χ1n) is 8.50. The summed E-state index contributed by atoms with van der Waals surface area (Å²) in [5, 5.41) is 0. The maximum atomic E-state index is 11.5. The van der Waals surface area contributed by atoms with Gasteiger partial charge in [-0.25, -0.2) is 4.98 Å². The van der Waals surface area contributed by atoms with Crippen LogP contribution in [0.1, 0.15) is 37.6 Å². The van der Waals surface area contributed by atoms with Crippen LogP contribution in [0.25, 0.3) is 5.69 Å². The fourth-order valence-electron chi connectivity index (χ4n) is 3.63. The molecule has 0 radical (unpaired) electrons. The quantitative estimate of drug-likeness (QED) is 0.775. The summed E-state index contributed by atoms with van der Waals surface area (Å²) in [5.74, 6) is 1.02. The fourth-order valence-corrected chi connectivity index (χ4v) is 4.81. The minimum atomic E-state index is -0.257. The maximum absolute atomic E-state index is 11.5. The monoisotopic (exact) mass is 343 g/mol. The second-order valence-electron chi connectivity index (χ2n) is 6.47. The van der Waals surface area contributed by atoms with Gasteiger partial charge in [-0.2, -0.15) is 0 Å². The Bertz CT molecular complexity index is 697. The Morgan fingerprint density at radius 1 is 1.29 bits per heavy atom. The first kappa shape index (κ1) is 17.2. The van der Waals surface area contributed by atoms with Gasteiger partial charge in [0.1, 0.15) is 17.0 Å². The number of aryl methyl sites for hydroxylation is 1. The SMILES string of the molecule is CSC1(c2nccn2-c2ccc(C)cc2)CCCCN1C(C)C=O. The molecule has 2 atom stereocenters. The number of aromatic nitrogens is 2. The number of piperidine rings is 1. The van der Waals surface area contributed by atoms with Gasteiger partial charge in [0, 0.05) is 24.6 Å². The van der Waals surface area contributed by atoms with Crippen molar-refractivity contribution in [1.82, 2.24) is 14.5 Å². The number of hydrogen-bond acceptors (Lipinski definition) is 4. The largest absolute Gasteiger partial charge is 0.302 e. The number of aldehydes is 1. The molecule has 1 saturated heterocycles. The zero-order valence-corrected chi connectivity index (χ0v) is 15.4. The van der Waals surface area contributed by atoms with E-state index in [0.29, 0.717) is 0 Å². The van der Waals surface area contributed by atoms with Gasteiger partial charge < -0.3 is 9.36 Å². The molecule has 3 rings (SSSR count). The molecule has 128 valence electrons. The average molecular weight is 343 g/mol. The van der Waals surface area contributed by atoms with Gasteiger partial charge in [-0.3, -0.25) is 4.90 Å². The van der Waals surface area contributed by atoms with E-state index < -0.39 is 0 Å². The van der Waals surface area contributed by atoms with Crippen LogP contribution in [0.4, 0.5) is 0 Å². The van der Waals surface area contributed by atoms with Crippen molar-refractivity contribution in [2.75, 3.05) is 12.8 Å². The van der Waals surface area contributed by atoms with Crippen molar-refractivity contribution in [1.29, 1.82) is 0 Å². The summed E-state index contributed by atoms with van der Waals surface area (Å²) in [5.41, 5.74) is 2.36. The van der Waals surface area contributed by atoms with Gasteiger partial charge in [0.25, 0.3) is 0 Å². The van der Waals surface area contributed by atoms with Crippen LogP contribution in [0.15, 0.2) is 36.7 Å². The van der Waals surface area contributed by atoms with E-state index in [0.717, 1.165) is 43.6 Å². The van der Waals surface area contributed by atoms with Crippen LogP contribution >= 0.6 is 11.8 Å². The molecule has 0 saturated carbocycles. The summed E-state index contributed by atoms with van der Waals surface area (Å²) in [6, 6.07) is 8.39. The van der Waals surface area contributed by atoms with Crippen LogP contribution in [0.3, 0.4) is 0 Å². The molecule has 1 aromatic carbocycles. The van der Waals surface area contributed by atoms with E-state index in [1.165, 1.54) is 5.56 Å². The van der Waals surface area contributed by atoms with Crippen molar-refractivity contribution in [3.05, 3.63) is 48.0 Å². The van der Waals surface area contributed by atoms with E-state index in [4.69, 9.17) is 4.98 Å². The molecule has 2 aromatic rings.